The van der Waals surface area contributed by atoms with Crippen LogP contribution in [0.25, 0.3) is 11.3 Å². The highest BCUT2D eigenvalue weighted by molar-refractivity contribution is 7.92. The Labute approximate surface area is 295 Å². The highest BCUT2D eigenvalue weighted by Gasteiger charge is 2.67. The molecule has 6 bridgehead atoms. The molecule has 8 rings (SSSR count). The van der Waals surface area contributed by atoms with Crippen LogP contribution in [0.4, 0.5) is 11.8 Å². The summed E-state index contributed by atoms with van der Waals surface area (Å²) < 4.78 is 36.5. The fraction of sp³-hybridized carbons (Fsp3) is 0.436. The van der Waals surface area contributed by atoms with E-state index in [1.54, 1.807) is 23.1 Å². The summed E-state index contributed by atoms with van der Waals surface area (Å²) in [5, 5.41) is 0. The van der Waals surface area contributed by atoms with E-state index in [2.05, 4.69) is 54.3 Å². The van der Waals surface area contributed by atoms with Crippen LogP contribution in [0.1, 0.15) is 80.6 Å². The molecule has 3 saturated carbocycles. The molecular weight excluding hydrogens is 649 g/mol. The number of hydrogen-bond donors (Lipinski definition) is 1. The van der Waals surface area contributed by atoms with E-state index >= 15 is 0 Å². The van der Waals surface area contributed by atoms with Gasteiger partial charge in [-0.2, -0.15) is 4.98 Å². The molecule has 2 aromatic heterocycles. The molecule has 1 amide bonds. The number of aryl methyl sites for hydroxylation is 2. The van der Waals surface area contributed by atoms with Crippen LogP contribution in [0.5, 0.6) is 5.88 Å². The van der Waals surface area contributed by atoms with E-state index in [0.717, 1.165) is 28.2 Å². The Kier molecular flexibility index (Phi) is 8.20. The average Bonchev–Trinajstić information content (AvgIpc) is 3.02. The first-order chi connectivity index (χ1) is 23.5. The van der Waals surface area contributed by atoms with Crippen molar-refractivity contribution in [2.24, 2.45) is 10.8 Å². The Bertz CT molecular complexity index is 2050. The van der Waals surface area contributed by atoms with Crippen molar-refractivity contribution in [2.45, 2.75) is 90.2 Å². The zero-order chi connectivity index (χ0) is 35.6. The van der Waals surface area contributed by atoms with E-state index in [4.69, 9.17) is 9.72 Å². The minimum Gasteiger partial charge on any atom is -0.475 e. The maximum Gasteiger partial charge on any atom is 0.264 e. The number of carbonyl (C=O) groups is 1. The molecule has 2 aromatic carbocycles. The highest BCUT2D eigenvalue weighted by atomic mass is 32.2. The smallest absolute Gasteiger partial charge is 0.264 e. The number of sulfonamides is 1. The van der Waals surface area contributed by atoms with Gasteiger partial charge in [-0.1, -0.05) is 58.0 Å². The number of anilines is 2. The maximum absolute atomic E-state index is 14.6. The lowest BCUT2D eigenvalue weighted by Crippen LogP contribution is -2.73. The first kappa shape index (κ1) is 34.0. The Morgan fingerprint density at radius 1 is 0.960 bits per heavy atom. The van der Waals surface area contributed by atoms with E-state index in [-0.39, 0.29) is 52.3 Å². The third-order valence-corrected chi connectivity index (χ3v) is 11.8. The van der Waals surface area contributed by atoms with Crippen LogP contribution >= 0.6 is 0 Å². The zero-order valence-corrected chi connectivity index (χ0v) is 30.8. The van der Waals surface area contributed by atoms with Gasteiger partial charge in [0.05, 0.1) is 28.9 Å². The second-order valence-electron chi connectivity index (χ2n) is 16.1. The van der Waals surface area contributed by atoms with E-state index in [0.29, 0.717) is 17.5 Å². The number of benzene rings is 2. The van der Waals surface area contributed by atoms with Gasteiger partial charge >= 0.3 is 0 Å². The number of fused-ring (bicyclic) bond motifs is 4. The van der Waals surface area contributed by atoms with Crippen LogP contribution in [0.15, 0.2) is 71.6 Å². The van der Waals surface area contributed by atoms with Gasteiger partial charge in [-0.05, 0) is 91.8 Å². The van der Waals surface area contributed by atoms with Crippen molar-refractivity contribution in [1.29, 1.82) is 0 Å². The molecule has 3 fully saturated rings. The monoisotopic (exact) mass is 694 g/mol. The van der Waals surface area contributed by atoms with Gasteiger partial charge in [0.2, 0.25) is 11.8 Å². The lowest BCUT2D eigenvalue weighted by Gasteiger charge is -2.72. The van der Waals surface area contributed by atoms with Crippen LogP contribution in [0.2, 0.25) is 0 Å². The van der Waals surface area contributed by atoms with Crippen molar-refractivity contribution in [2.75, 3.05) is 23.3 Å². The van der Waals surface area contributed by atoms with Gasteiger partial charge in [0.15, 0.2) is 0 Å². The normalized spacial score (nSPS) is 23.9. The number of nitrogens with zero attached hydrogens (tertiary/aromatic N) is 5. The van der Waals surface area contributed by atoms with Crippen molar-refractivity contribution in [3.05, 3.63) is 89.1 Å². The van der Waals surface area contributed by atoms with Crippen LogP contribution in [-0.4, -0.2) is 59.4 Å². The van der Waals surface area contributed by atoms with E-state index in [9.17, 15) is 13.2 Å². The summed E-state index contributed by atoms with van der Waals surface area (Å²) in [5.74, 6) is 0.684. The van der Waals surface area contributed by atoms with Gasteiger partial charge in [-0.15, -0.1) is 0 Å². The number of aromatic nitrogens is 3. The predicted molar refractivity (Wildman–Crippen MR) is 195 cm³/mol. The summed E-state index contributed by atoms with van der Waals surface area (Å²) in [6, 6.07) is 19.4. The molecule has 50 heavy (non-hydrogen) atoms. The molecule has 4 aromatic rings. The molecule has 11 heteroatoms. The summed E-state index contributed by atoms with van der Waals surface area (Å²) in [5.41, 5.74) is 4.83. The minimum absolute atomic E-state index is 0.0625. The molecule has 0 saturated heterocycles. The first-order valence-corrected chi connectivity index (χ1v) is 18.7. The number of pyridine rings is 1. The lowest BCUT2D eigenvalue weighted by atomic mass is 9.40. The fourth-order valence-electron chi connectivity index (χ4n) is 8.29. The van der Waals surface area contributed by atoms with Crippen LogP contribution in [0.3, 0.4) is 0 Å². The Morgan fingerprint density at radius 2 is 1.64 bits per heavy atom. The predicted octanol–water partition coefficient (Wildman–Crippen LogP) is 7.17. The van der Waals surface area contributed by atoms with Gasteiger partial charge in [0, 0.05) is 29.8 Å². The summed E-state index contributed by atoms with van der Waals surface area (Å²) in [4.78, 5) is 32.8. The number of amides is 1. The molecule has 1 atom stereocenters. The fourth-order valence-corrected chi connectivity index (χ4v) is 9.28. The lowest BCUT2D eigenvalue weighted by molar-refractivity contribution is -0.117. The van der Waals surface area contributed by atoms with E-state index in [1.165, 1.54) is 31.4 Å². The molecular formula is C39H46N6O4S. The van der Waals surface area contributed by atoms with Gasteiger partial charge in [0.25, 0.3) is 15.9 Å². The maximum atomic E-state index is 14.6. The Hall–Kier alpha value is -4.51. The Balaban J connectivity index is 1.31. The van der Waals surface area contributed by atoms with Crippen LogP contribution in [0, 0.1) is 24.7 Å². The van der Waals surface area contributed by atoms with E-state index in [1.807, 2.05) is 50.2 Å². The first-order valence-electron chi connectivity index (χ1n) is 17.3. The average molecular weight is 695 g/mol. The largest absolute Gasteiger partial charge is 0.475 e. The van der Waals surface area contributed by atoms with Crippen molar-refractivity contribution >= 4 is 27.7 Å². The summed E-state index contributed by atoms with van der Waals surface area (Å²) in [7, 11) is -2.05. The minimum atomic E-state index is -4.17. The highest BCUT2D eigenvalue weighted by Crippen LogP contribution is 2.69. The standard InChI is InChI=1S/C39H46N6O4S/c1-25-11-8-12-26(2)34(25)31-18-33-42-36(41-31)43-50(47,48)30-15-9-13-27(17-30)35(46)45(29(21-49-33)19-37(3,4)5)20-28-14-10-16-32(40-28)44(7)39-22-38(6,23-39)24-39/h8-18,29H,19-24H2,1-7H3,(H,41,42,43)/t29-,38?,39?/m1/s1. The molecule has 3 aliphatic carbocycles. The van der Waals surface area contributed by atoms with E-state index < -0.39 is 16.1 Å². The molecule has 0 spiro atoms. The molecule has 3 heterocycles. The topological polar surface area (TPSA) is 118 Å². The molecule has 0 radical (unpaired) electrons. The molecule has 10 nitrogen and oxygen atoms in total. The van der Waals surface area contributed by atoms with Crippen LogP contribution < -0.4 is 14.4 Å². The molecule has 0 unspecified atom stereocenters. The summed E-state index contributed by atoms with van der Waals surface area (Å²) in [6.45, 7) is 13.1. The van der Waals surface area contributed by atoms with Crippen molar-refractivity contribution in [3.63, 3.8) is 0 Å². The molecule has 4 aliphatic rings. The Morgan fingerprint density at radius 3 is 2.32 bits per heavy atom. The summed E-state index contributed by atoms with van der Waals surface area (Å²) in [6.07, 6.45) is 4.12. The van der Waals surface area contributed by atoms with Gasteiger partial charge in [0.1, 0.15) is 12.4 Å². The van der Waals surface area contributed by atoms with Gasteiger partial charge in [-0.25, -0.2) is 23.1 Å². The number of ether oxygens (including phenoxy) is 1. The van der Waals surface area contributed by atoms with Crippen molar-refractivity contribution in [1.82, 2.24) is 19.9 Å². The SMILES string of the molecule is Cc1cccc(C)c1-c1cc2nc(n1)NS(=O)(=O)c1cccc(c1)C(=O)N(Cc1cccc(N(C)C34CC(C)(C3)C4)n1)[C@H](CC(C)(C)C)CO2. The molecule has 1 N–H and O–H groups in total. The van der Waals surface area contributed by atoms with Crippen molar-refractivity contribution in [3.8, 4) is 17.1 Å². The third kappa shape index (κ3) is 6.43. The van der Waals surface area contributed by atoms with Gasteiger partial charge < -0.3 is 14.5 Å². The van der Waals surface area contributed by atoms with Gasteiger partial charge in [-0.3, -0.25) is 4.79 Å². The second-order valence-corrected chi connectivity index (χ2v) is 17.8. The molecule has 1 aliphatic heterocycles. The number of carbonyl (C=O) groups excluding carboxylic acids is 1. The third-order valence-electron chi connectivity index (χ3n) is 10.5. The second kappa shape index (κ2) is 12.1. The summed E-state index contributed by atoms with van der Waals surface area (Å²) >= 11 is 0. The quantitative estimate of drug-likeness (QED) is 0.226. The number of nitrogens with one attached hydrogen (secondary N) is 1. The van der Waals surface area contributed by atoms with Crippen molar-refractivity contribution < 1.29 is 17.9 Å². The number of rotatable bonds is 6. The van der Waals surface area contributed by atoms with Crippen LogP contribution in [-0.2, 0) is 16.6 Å². The number of hydrogen-bond acceptors (Lipinski definition) is 8. The molecule has 262 valence electrons. The zero-order valence-electron chi connectivity index (χ0n) is 29.9.